The maximum Gasteiger partial charge on any atom is 0.0647 e. The molecule has 2 aliphatic rings. The molecule has 0 fully saturated rings. The Balaban J connectivity index is 1.96. The largest absolute Gasteiger partial charge is 0.0826 e. The average molecular weight is 280 g/mol. The van der Waals surface area contributed by atoms with Crippen LogP contribution in [0.5, 0.6) is 0 Å². The quantitative estimate of drug-likeness (QED) is 0.502. The van der Waals surface area contributed by atoms with Crippen LogP contribution < -0.4 is 0 Å². The minimum Gasteiger partial charge on any atom is -0.0826 e. The summed E-state index contributed by atoms with van der Waals surface area (Å²) in [7, 11) is 0. The summed E-state index contributed by atoms with van der Waals surface area (Å²) < 4.78 is 0. The number of rotatable bonds is 0. The molecular weight excluding hydrogens is 264 g/mol. The van der Waals surface area contributed by atoms with Crippen molar-refractivity contribution < 1.29 is 0 Å². The van der Waals surface area contributed by atoms with Gasteiger partial charge in [-0.3, -0.25) is 0 Å². The first-order valence-corrected chi connectivity index (χ1v) is 7.87. The molecule has 0 saturated carbocycles. The van der Waals surface area contributed by atoms with Gasteiger partial charge < -0.3 is 0 Å². The van der Waals surface area contributed by atoms with Gasteiger partial charge in [-0.1, -0.05) is 84.9 Å². The lowest BCUT2D eigenvalue weighted by Crippen LogP contribution is -2.28. The third-order valence-corrected chi connectivity index (χ3v) is 5.14. The molecule has 0 saturated heterocycles. The second-order valence-corrected chi connectivity index (χ2v) is 6.16. The lowest BCUT2D eigenvalue weighted by atomic mass is 9.68. The minimum absolute atomic E-state index is 0.109. The number of fused-ring (bicyclic) bond motifs is 7. The lowest BCUT2D eigenvalue weighted by molar-refractivity contribution is 0.770. The standard InChI is InChI=1S/C22H16/c1-4-12-19-16(8-1)9-7-15-22(19)20-13-5-2-10-17(20)18-11-3-6-14-21(18)22/h1-8,10-15H,9H2. The zero-order chi connectivity index (χ0) is 14.6. The van der Waals surface area contributed by atoms with E-state index >= 15 is 0 Å². The van der Waals surface area contributed by atoms with Gasteiger partial charge in [-0.2, -0.15) is 0 Å². The van der Waals surface area contributed by atoms with Gasteiger partial charge in [0.05, 0.1) is 5.41 Å². The van der Waals surface area contributed by atoms with E-state index in [1.54, 1.807) is 0 Å². The maximum atomic E-state index is 2.42. The van der Waals surface area contributed by atoms with Crippen molar-refractivity contribution in [2.75, 3.05) is 0 Å². The summed E-state index contributed by atoms with van der Waals surface area (Å²) >= 11 is 0. The highest BCUT2D eigenvalue weighted by molar-refractivity contribution is 5.85. The van der Waals surface area contributed by atoms with Crippen molar-refractivity contribution in [3.63, 3.8) is 0 Å². The number of allylic oxidation sites excluding steroid dienone is 2. The molecule has 0 heterocycles. The predicted molar refractivity (Wildman–Crippen MR) is 91.0 cm³/mol. The Morgan fingerprint density at radius 3 is 1.82 bits per heavy atom. The first-order valence-electron chi connectivity index (χ1n) is 7.87. The fourth-order valence-electron chi connectivity index (χ4n) is 4.27. The summed E-state index contributed by atoms with van der Waals surface area (Å²) in [6.45, 7) is 0. The van der Waals surface area contributed by atoms with E-state index in [9.17, 15) is 0 Å². The van der Waals surface area contributed by atoms with E-state index in [1.807, 2.05) is 0 Å². The van der Waals surface area contributed by atoms with E-state index in [2.05, 4.69) is 84.9 Å². The molecule has 0 aromatic heterocycles. The highest BCUT2D eigenvalue weighted by Gasteiger charge is 2.44. The fraction of sp³-hybridized carbons (Fsp3) is 0.0909. The van der Waals surface area contributed by atoms with E-state index in [4.69, 9.17) is 0 Å². The van der Waals surface area contributed by atoms with Crippen molar-refractivity contribution in [3.8, 4) is 11.1 Å². The summed E-state index contributed by atoms with van der Waals surface area (Å²) in [4.78, 5) is 0. The molecule has 3 aromatic rings. The zero-order valence-electron chi connectivity index (χ0n) is 12.3. The summed E-state index contributed by atoms with van der Waals surface area (Å²) in [6.07, 6.45) is 5.78. The van der Waals surface area contributed by atoms with Crippen LogP contribution >= 0.6 is 0 Å². The average Bonchev–Trinajstić information content (AvgIpc) is 2.87. The smallest absolute Gasteiger partial charge is 0.0647 e. The fourth-order valence-corrected chi connectivity index (χ4v) is 4.27. The second kappa shape index (κ2) is 4.20. The van der Waals surface area contributed by atoms with Gasteiger partial charge in [0.2, 0.25) is 0 Å². The molecule has 5 rings (SSSR count). The molecule has 0 unspecified atom stereocenters. The summed E-state index contributed by atoms with van der Waals surface area (Å²) in [5, 5.41) is 0. The minimum atomic E-state index is -0.109. The van der Waals surface area contributed by atoms with Crippen molar-refractivity contribution in [1.29, 1.82) is 0 Å². The number of hydrogen-bond donors (Lipinski definition) is 0. The molecule has 1 spiro atoms. The van der Waals surface area contributed by atoms with Crippen LogP contribution in [0.4, 0.5) is 0 Å². The van der Waals surface area contributed by atoms with Crippen molar-refractivity contribution in [2.45, 2.75) is 11.8 Å². The topological polar surface area (TPSA) is 0 Å². The molecule has 0 bridgehead atoms. The van der Waals surface area contributed by atoms with Gasteiger partial charge in [0.1, 0.15) is 0 Å². The van der Waals surface area contributed by atoms with Gasteiger partial charge in [-0.25, -0.2) is 0 Å². The van der Waals surface area contributed by atoms with Crippen LogP contribution in [-0.4, -0.2) is 0 Å². The van der Waals surface area contributed by atoms with E-state index in [-0.39, 0.29) is 5.41 Å². The molecular formula is C22H16. The third-order valence-electron chi connectivity index (χ3n) is 5.14. The molecule has 0 radical (unpaired) electrons. The predicted octanol–water partition coefficient (Wildman–Crippen LogP) is 5.11. The number of hydrogen-bond acceptors (Lipinski definition) is 0. The third kappa shape index (κ3) is 1.33. The van der Waals surface area contributed by atoms with Crippen LogP contribution in [0.15, 0.2) is 84.9 Å². The van der Waals surface area contributed by atoms with Gasteiger partial charge in [-0.05, 0) is 39.8 Å². The molecule has 0 amide bonds. The zero-order valence-corrected chi connectivity index (χ0v) is 12.3. The molecule has 3 aromatic carbocycles. The molecule has 0 heteroatoms. The van der Waals surface area contributed by atoms with Gasteiger partial charge in [0.15, 0.2) is 0 Å². The van der Waals surface area contributed by atoms with Gasteiger partial charge >= 0.3 is 0 Å². The van der Waals surface area contributed by atoms with Gasteiger partial charge in [0, 0.05) is 0 Å². The molecule has 0 atom stereocenters. The Hall–Kier alpha value is -2.60. The molecule has 0 N–H and O–H groups in total. The van der Waals surface area contributed by atoms with E-state index in [0.717, 1.165) is 6.42 Å². The van der Waals surface area contributed by atoms with Gasteiger partial charge in [0.25, 0.3) is 0 Å². The van der Waals surface area contributed by atoms with Crippen LogP contribution in [0.3, 0.4) is 0 Å². The normalized spacial score (nSPS) is 16.2. The first kappa shape index (κ1) is 12.0. The molecule has 0 nitrogen and oxygen atoms in total. The van der Waals surface area contributed by atoms with Crippen molar-refractivity contribution in [3.05, 3.63) is 107 Å². The Bertz CT molecular complexity index is 869. The van der Waals surface area contributed by atoms with E-state index in [1.165, 1.54) is 33.4 Å². The van der Waals surface area contributed by atoms with Gasteiger partial charge in [-0.15, -0.1) is 0 Å². The van der Waals surface area contributed by atoms with Crippen molar-refractivity contribution >= 4 is 0 Å². The Kier molecular flexibility index (Phi) is 2.29. The van der Waals surface area contributed by atoms with Crippen LogP contribution in [0.25, 0.3) is 11.1 Å². The van der Waals surface area contributed by atoms with Crippen LogP contribution in [0.2, 0.25) is 0 Å². The number of benzene rings is 3. The SMILES string of the molecule is C1=CC2(c3ccccc3C1)c1ccccc1-c1ccccc12. The second-order valence-electron chi connectivity index (χ2n) is 6.16. The Labute approximate surface area is 130 Å². The molecule has 0 aliphatic heterocycles. The summed E-state index contributed by atoms with van der Waals surface area (Å²) in [6, 6.07) is 26.6. The van der Waals surface area contributed by atoms with Crippen LogP contribution in [-0.2, 0) is 11.8 Å². The Morgan fingerprint density at radius 2 is 1.14 bits per heavy atom. The molecule has 2 aliphatic carbocycles. The highest BCUT2D eigenvalue weighted by Crippen LogP contribution is 2.54. The molecule has 22 heavy (non-hydrogen) atoms. The van der Waals surface area contributed by atoms with Crippen LogP contribution in [0.1, 0.15) is 22.3 Å². The summed E-state index contributed by atoms with van der Waals surface area (Å²) in [5.41, 5.74) is 8.35. The van der Waals surface area contributed by atoms with Crippen LogP contribution in [0, 0.1) is 0 Å². The van der Waals surface area contributed by atoms with Crippen molar-refractivity contribution in [2.24, 2.45) is 0 Å². The van der Waals surface area contributed by atoms with E-state index in [0.29, 0.717) is 0 Å². The lowest BCUT2D eigenvalue weighted by Gasteiger charge is -2.34. The maximum absolute atomic E-state index is 2.42. The summed E-state index contributed by atoms with van der Waals surface area (Å²) in [5.74, 6) is 0. The molecule has 104 valence electrons. The monoisotopic (exact) mass is 280 g/mol. The first-order chi connectivity index (χ1) is 10.9. The van der Waals surface area contributed by atoms with E-state index < -0.39 is 0 Å². The van der Waals surface area contributed by atoms with Crippen molar-refractivity contribution in [1.82, 2.24) is 0 Å². The Morgan fingerprint density at radius 1 is 0.591 bits per heavy atom. The highest BCUT2D eigenvalue weighted by atomic mass is 14.5.